The van der Waals surface area contributed by atoms with E-state index >= 15 is 0 Å². The summed E-state index contributed by atoms with van der Waals surface area (Å²) in [5.74, 6) is 0.484. The Morgan fingerprint density at radius 2 is 1.71 bits per heavy atom. The first-order valence-corrected chi connectivity index (χ1v) is 11.9. The van der Waals surface area contributed by atoms with Crippen molar-refractivity contribution in [2.45, 2.75) is 24.0 Å². The van der Waals surface area contributed by atoms with Crippen LogP contribution < -0.4 is 4.90 Å². The average Bonchev–Trinajstić information content (AvgIpc) is 2.79. The van der Waals surface area contributed by atoms with Crippen LogP contribution in [0.5, 0.6) is 0 Å². The first-order chi connectivity index (χ1) is 14.9. The standard InChI is InChI=1S/C23H25N5O2S/c1-3-27-11-13-28(14-12-27)23-22(25-19-9-4-5-10-20(19)26-23)21(16-24)31(29,30)18-8-6-7-17(2)15-18/h4-10,15,21H,3,11-14H2,1-2H3/t21-/m0/s1. The summed E-state index contributed by atoms with van der Waals surface area (Å²) in [5.41, 5.74) is 2.28. The quantitative estimate of drug-likeness (QED) is 0.608. The minimum absolute atomic E-state index is 0.121. The number of aromatic nitrogens is 2. The third-order valence-corrected chi connectivity index (χ3v) is 7.55. The number of sulfone groups is 1. The Morgan fingerprint density at radius 1 is 1.03 bits per heavy atom. The lowest BCUT2D eigenvalue weighted by Gasteiger charge is -2.35. The number of rotatable bonds is 5. The SMILES string of the molecule is CCN1CCN(c2nc3ccccc3nc2[C@H](C#N)S(=O)(=O)c2cccc(C)c2)CC1. The highest BCUT2D eigenvalue weighted by Gasteiger charge is 2.35. The van der Waals surface area contributed by atoms with Gasteiger partial charge in [-0.1, -0.05) is 31.2 Å². The third kappa shape index (κ3) is 4.11. The van der Waals surface area contributed by atoms with Crippen molar-refractivity contribution in [1.29, 1.82) is 5.26 Å². The van der Waals surface area contributed by atoms with Gasteiger partial charge in [-0.2, -0.15) is 5.26 Å². The van der Waals surface area contributed by atoms with E-state index in [0.717, 1.165) is 25.2 Å². The maximum Gasteiger partial charge on any atom is 0.200 e. The number of hydrogen-bond acceptors (Lipinski definition) is 7. The number of likely N-dealkylation sites (N-methyl/N-ethyl adjacent to an activating group) is 1. The van der Waals surface area contributed by atoms with Crippen molar-refractivity contribution in [2.24, 2.45) is 0 Å². The van der Waals surface area contributed by atoms with E-state index in [1.165, 1.54) is 6.07 Å². The molecule has 1 saturated heterocycles. The first kappa shape index (κ1) is 21.2. The van der Waals surface area contributed by atoms with Gasteiger partial charge in [0.15, 0.2) is 11.1 Å². The molecule has 1 aliphatic heterocycles. The molecule has 0 bridgehead atoms. The van der Waals surface area contributed by atoms with E-state index in [1.54, 1.807) is 18.2 Å². The summed E-state index contributed by atoms with van der Waals surface area (Å²) >= 11 is 0. The summed E-state index contributed by atoms with van der Waals surface area (Å²) in [5, 5.41) is 8.56. The van der Waals surface area contributed by atoms with Crippen LogP contribution in [0.1, 0.15) is 23.4 Å². The fraction of sp³-hybridized carbons (Fsp3) is 0.348. The second kappa shape index (κ2) is 8.61. The van der Waals surface area contributed by atoms with Crippen molar-refractivity contribution < 1.29 is 8.42 Å². The predicted octanol–water partition coefficient (Wildman–Crippen LogP) is 3.12. The van der Waals surface area contributed by atoms with E-state index in [1.807, 2.05) is 37.3 Å². The molecule has 1 atom stereocenters. The molecule has 0 N–H and O–H groups in total. The molecule has 1 fully saturated rings. The summed E-state index contributed by atoms with van der Waals surface area (Å²) in [6, 6.07) is 16.0. The topological polar surface area (TPSA) is 90.2 Å². The van der Waals surface area contributed by atoms with E-state index in [9.17, 15) is 13.7 Å². The molecule has 1 aromatic heterocycles. The smallest absolute Gasteiger partial charge is 0.200 e. The zero-order valence-corrected chi connectivity index (χ0v) is 18.5. The van der Waals surface area contributed by atoms with E-state index < -0.39 is 15.1 Å². The molecule has 7 nitrogen and oxygen atoms in total. The lowest BCUT2D eigenvalue weighted by atomic mass is 10.2. The van der Waals surface area contributed by atoms with Crippen molar-refractivity contribution in [3.63, 3.8) is 0 Å². The Bertz CT molecular complexity index is 1240. The van der Waals surface area contributed by atoms with Crippen LogP contribution in [0, 0.1) is 18.3 Å². The van der Waals surface area contributed by atoms with Gasteiger partial charge < -0.3 is 9.80 Å². The van der Waals surface area contributed by atoms with Crippen LogP contribution >= 0.6 is 0 Å². The number of anilines is 1. The number of para-hydroxylation sites is 2. The molecule has 0 spiro atoms. The Labute approximate surface area is 182 Å². The molecule has 4 rings (SSSR count). The summed E-state index contributed by atoms with van der Waals surface area (Å²) in [6.07, 6.45) is 0. The van der Waals surface area contributed by atoms with Gasteiger partial charge in [0.2, 0.25) is 9.84 Å². The second-order valence-corrected chi connectivity index (χ2v) is 9.75. The van der Waals surface area contributed by atoms with Gasteiger partial charge >= 0.3 is 0 Å². The van der Waals surface area contributed by atoms with Crippen LogP contribution in [-0.2, 0) is 9.84 Å². The zero-order chi connectivity index (χ0) is 22.0. The van der Waals surface area contributed by atoms with Gasteiger partial charge in [-0.25, -0.2) is 18.4 Å². The van der Waals surface area contributed by atoms with Gasteiger partial charge in [0.25, 0.3) is 0 Å². The lowest BCUT2D eigenvalue weighted by Crippen LogP contribution is -2.47. The number of piperazine rings is 1. The van der Waals surface area contributed by atoms with Crippen molar-refractivity contribution in [1.82, 2.24) is 14.9 Å². The van der Waals surface area contributed by atoms with Crippen LogP contribution in [0.25, 0.3) is 11.0 Å². The number of aryl methyl sites for hydroxylation is 1. The Balaban J connectivity index is 1.85. The molecular weight excluding hydrogens is 410 g/mol. The minimum atomic E-state index is -3.97. The minimum Gasteiger partial charge on any atom is -0.352 e. The van der Waals surface area contributed by atoms with Gasteiger partial charge in [0.1, 0.15) is 5.69 Å². The summed E-state index contributed by atoms with van der Waals surface area (Å²) in [4.78, 5) is 13.9. The molecular formula is C23H25N5O2S. The monoisotopic (exact) mass is 435 g/mol. The molecule has 0 aliphatic carbocycles. The maximum absolute atomic E-state index is 13.5. The fourth-order valence-corrected chi connectivity index (χ4v) is 5.38. The van der Waals surface area contributed by atoms with E-state index in [-0.39, 0.29) is 10.6 Å². The molecule has 0 unspecified atom stereocenters. The number of nitriles is 1. The van der Waals surface area contributed by atoms with Crippen LogP contribution in [0.2, 0.25) is 0 Å². The normalized spacial score (nSPS) is 16.2. The van der Waals surface area contributed by atoms with Crippen LogP contribution in [-0.4, -0.2) is 56.0 Å². The summed E-state index contributed by atoms with van der Waals surface area (Å²) < 4.78 is 26.9. The number of benzene rings is 2. The summed E-state index contributed by atoms with van der Waals surface area (Å²) in [7, 11) is -3.97. The largest absolute Gasteiger partial charge is 0.352 e. The molecule has 0 amide bonds. The maximum atomic E-state index is 13.5. The molecule has 2 aromatic carbocycles. The highest BCUT2D eigenvalue weighted by atomic mass is 32.2. The second-order valence-electron chi connectivity index (χ2n) is 7.71. The number of hydrogen-bond donors (Lipinski definition) is 0. The van der Waals surface area contributed by atoms with Crippen LogP contribution in [0.4, 0.5) is 5.82 Å². The molecule has 160 valence electrons. The summed E-state index contributed by atoms with van der Waals surface area (Å²) in [6.45, 7) is 8.03. The molecule has 2 heterocycles. The van der Waals surface area contributed by atoms with Crippen LogP contribution in [0.3, 0.4) is 0 Å². The van der Waals surface area contributed by atoms with Crippen molar-refractivity contribution >= 4 is 26.7 Å². The Morgan fingerprint density at radius 3 is 2.32 bits per heavy atom. The van der Waals surface area contributed by atoms with Gasteiger partial charge in [0.05, 0.1) is 22.0 Å². The molecule has 0 radical (unpaired) electrons. The third-order valence-electron chi connectivity index (χ3n) is 5.69. The molecule has 31 heavy (non-hydrogen) atoms. The Hall–Kier alpha value is -3.02. The Kier molecular flexibility index (Phi) is 5.90. The number of nitrogens with zero attached hydrogens (tertiary/aromatic N) is 5. The fourth-order valence-electron chi connectivity index (χ4n) is 3.89. The van der Waals surface area contributed by atoms with Gasteiger partial charge in [0, 0.05) is 26.2 Å². The van der Waals surface area contributed by atoms with E-state index in [2.05, 4.69) is 21.7 Å². The highest BCUT2D eigenvalue weighted by Crippen LogP contribution is 2.34. The average molecular weight is 436 g/mol. The molecule has 8 heteroatoms. The highest BCUT2D eigenvalue weighted by molar-refractivity contribution is 7.92. The van der Waals surface area contributed by atoms with E-state index in [0.29, 0.717) is 29.9 Å². The zero-order valence-electron chi connectivity index (χ0n) is 17.7. The number of fused-ring (bicyclic) bond motifs is 1. The van der Waals surface area contributed by atoms with Gasteiger partial charge in [-0.05, 0) is 43.3 Å². The predicted molar refractivity (Wildman–Crippen MR) is 121 cm³/mol. The van der Waals surface area contributed by atoms with Crippen molar-refractivity contribution in [3.05, 3.63) is 59.8 Å². The van der Waals surface area contributed by atoms with Crippen molar-refractivity contribution in [3.8, 4) is 6.07 Å². The van der Waals surface area contributed by atoms with E-state index in [4.69, 9.17) is 4.98 Å². The van der Waals surface area contributed by atoms with Crippen molar-refractivity contribution in [2.75, 3.05) is 37.6 Å². The molecule has 0 saturated carbocycles. The van der Waals surface area contributed by atoms with Crippen LogP contribution in [0.15, 0.2) is 53.4 Å². The first-order valence-electron chi connectivity index (χ1n) is 10.4. The van der Waals surface area contributed by atoms with Gasteiger partial charge in [-0.3, -0.25) is 0 Å². The molecule has 3 aromatic rings. The lowest BCUT2D eigenvalue weighted by molar-refractivity contribution is 0.270. The molecule has 1 aliphatic rings. The van der Waals surface area contributed by atoms with Gasteiger partial charge in [-0.15, -0.1) is 0 Å².